The van der Waals surface area contributed by atoms with Gasteiger partial charge < -0.3 is 9.64 Å². The number of ether oxygens (including phenoxy) is 1. The second kappa shape index (κ2) is 8.34. The van der Waals surface area contributed by atoms with Gasteiger partial charge in [-0.2, -0.15) is 0 Å². The Balaban J connectivity index is 1.47. The number of thiophene rings is 1. The van der Waals surface area contributed by atoms with Crippen molar-refractivity contribution >= 4 is 38.4 Å². The van der Waals surface area contributed by atoms with Crippen LogP contribution < -0.4 is 0 Å². The molecule has 0 spiro atoms. The second-order valence-electron chi connectivity index (χ2n) is 7.98. The maximum atomic E-state index is 12.9. The van der Waals surface area contributed by atoms with E-state index in [-0.39, 0.29) is 12.0 Å². The summed E-state index contributed by atoms with van der Waals surface area (Å²) in [5.41, 5.74) is 3.24. The molecule has 0 aliphatic carbocycles. The molecule has 5 rings (SSSR count). The standard InChI is InChI=1S/C24H24N4O2S/c1-27(2)24(29)22-21(18-8-5-11-26-23(18)31-22)20-15-28(12-13-30-20)14-16-6-3-9-19-17(16)7-4-10-25-19/h3-11,20H,12-15H2,1-2H3/t20-/m0/s1. The van der Waals surface area contributed by atoms with Gasteiger partial charge in [-0.3, -0.25) is 14.7 Å². The summed E-state index contributed by atoms with van der Waals surface area (Å²) < 4.78 is 6.21. The highest BCUT2D eigenvalue weighted by Crippen LogP contribution is 2.38. The Morgan fingerprint density at radius 1 is 1.13 bits per heavy atom. The van der Waals surface area contributed by atoms with Crippen LogP contribution in [0.1, 0.15) is 26.9 Å². The summed E-state index contributed by atoms with van der Waals surface area (Å²) in [6.45, 7) is 3.02. The number of carbonyl (C=O) groups is 1. The van der Waals surface area contributed by atoms with Crippen molar-refractivity contribution < 1.29 is 9.53 Å². The summed E-state index contributed by atoms with van der Waals surface area (Å²) in [4.78, 5) is 27.5. The van der Waals surface area contributed by atoms with Crippen molar-refractivity contribution in [2.75, 3.05) is 33.8 Å². The third-order valence-electron chi connectivity index (χ3n) is 5.71. The van der Waals surface area contributed by atoms with Crippen LogP contribution in [0.2, 0.25) is 0 Å². The van der Waals surface area contributed by atoms with E-state index in [1.165, 1.54) is 22.3 Å². The minimum absolute atomic E-state index is 0.00106. The van der Waals surface area contributed by atoms with E-state index < -0.39 is 0 Å². The first-order valence-corrected chi connectivity index (χ1v) is 11.2. The SMILES string of the molecule is CN(C)C(=O)c1sc2ncccc2c1[C@@H]1CN(Cc2cccc3ncccc23)CCO1. The van der Waals surface area contributed by atoms with Gasteiger partial charge >= 0.3 is 0 Å². The van der Waals surface area contributed by atoms with Crippen molar-refractivity contribution in [1.29, 1.82) is 0 Å². The fraction of sp³-hybridized carbons (Fsp3) is 0.292. The zero-order chi connectivity index (χ0) is 21.4. The fourth-order valence-electron chi connectivity index (χ4n) is 4.20. The van der Waals surface area contributed by atoms with Crippen LogP contribution in [-0.4, -0.2) is 59.5 Å². The number of benzene rings is 1. The van der Waals surface area contributed by atoms with Gasteiger partial charge in [0, 0.05) is 62.5 Å². The average Bonchev–Trinajstić information content (AvgIpc) is 3.18. The quantitative estimate of drug-likeness (QED) is 0.486. The van der Waals surface area contributed by atoms with E-state index in [4.69, 9.17) is 4.74 Å². The number of hydrogen-bond donors (Lipinski definition) is 0. The molecule has 6 nitrogen and oxygen atoms in total. The van der Waals surface area contributed by atoms with Crippen LogP contribution in [0.15, 0.2) is 54.9 Å². The number of nitrogens with zero attached hydrogens (tertiary/aromatic N) is 4. The second-order valence-corrected chi connectivity index (χ2v) is 8.98. The van der Waals surface area contributed by atoms with Crippen molar-refractivity contribution in [1.82, 2.24) is 19.8 Å². The van der Waals surface area contributed by atoms with Gasteiger partial charge in [0.05, 0.1) is 18.2 Å². The number of amides is 1. The molecule has 0 bridgehead atoms. The van der Waals surface area contributed by atoms with Crippen molar-refractivity contribution in [3.05, 3.63) is 70.9 Å². The van der Waals surface area contributed by atoms with Crippen LogP contribution in [-0.2, 0) is 11.3 Å². The van der Waals surface area contributed by atoms with Crippen molar-refractivity contribution in [2.45, 2.75) is 12.6 Å². The number of rotatable bonds is 4. The molecule has 1 saturated heterocycles. The molecule has 1 aromatic carbocycles. The fourth-order valence-corrected chi connectivity index (χ4v) is 5.42. The molecule has 1 atom stereocenters. The van der Waals surface area contributed by atoms with E-state index in [0.29, 0.717) is 6.61 Å². The van der Waals surface area contributed by atoms with Crippen LogP contribution in [0.25, 0.3) is 21.1 Å². The highest BCUT2D eigenvalue weighted by atomic mass is 32.1. The van der Waals surface area contributed by atoms with E-state index >= 15 is 0 Å². The summed E-state index contributed by atoms with van der Waals surface area (Å²) in [6, 6.07) is 14.4. The van der Waals surface area contributed by atoms with Gasteiger partial charge in [-0.1, -0.05) is 24.3 Å². The first-order valence-electron chi connectivity index (χ1n) is 10.4. The van der Waals surface area contributed by atoms with Crippen LogP contribution in [0.5, 0.6) is 0 Å². The van der Waals surface area contributed by atoms with Crippen LogP contribution in [0.4, 0.5) is 0 Å². The van der Waals surface area contributed by atoms with E-state index in [0.717, 1.165) is 45.8 Å². The number of fused-ring (bicyclic) bond motifs is 2. The Kier molecular flexibility index (Phi) is 5.40. The van der Waals surface area contributed by atoms with E-state index in [2.05, 4.69) is 33.1 Å². The number of hydrogen-bond acceptors (Lipinski definition) is 6. The van der Waals surface area contributed by atoms with Gasteiger partial charge in [-0.25, -0.2) is 4.98 Å². The number of pyridine rings is 2. The Hall–Kier alpha value is -2.87. The molecule has 0 saturated carbocycles. The molecule has 1 amide bonds. The minimum Gasteiger partial charge on any atom is -0.371 e. The van der Waals surface area contributed by atoms with Crippen molar-refractivity contribution in [2.24, 2.45) is 0 Å². The van der Waals surface area contributed by atoms with Gasteiger partial charge in [0.1, 0.15) is 9.71 Å². The van der Waals surface area contributed by atoms with Crippen LogP contribution in [0.3, 0.4) is 0 Å². The van der Waals surface area contributed by atoms with Crippen LogP contribution >= 0.6 is 11.3 Å². The molecule has 7 heteroatoms. The van der Waals surface area contributed by atoms with Gasteiger partial charge in [0.15, 0.2) is 0 Å². The Bertz CT molecular complexity index is 1250. The summed E-state index contributed by atoms with van der Waals surface area (Å²) >= 11 is 1.45. The predicted octanol–water partition coefficient (Wildman–Crippen LogP) is 4.12. The Morgan fingerprint density at radius 3 is 2.77 bits per heavy atom. The average molecular weight is 433 g/mol. The summed E-state index contributed by atoms with van der Waals surface area (Å²) in [7, 11) is 3.57. The van der Waals surface area contributed by atoms with E-state index in [1.54, 1.807) is 25.2 Å². The lowest BCUT2D eigenvalue weighted by Gasteiger charge is -2.33. The third-order valence-corrected chi connectivity index (χ3v) is 6.82. The molecule has 0 N–H and O–H groups in total. The molecule has 4 aromatic rings. The highest BCUT2D eigenvalue weighted by Gasteiger charge is 2.30. The monoisotopic (exact) mass is 432 g/mol. The van der Waals surface area contributed by atoms with Gasteiger partial charge in [0.25, 0.3) is 5.91 Å². The summed E-state index contributed by atoms with van der Waals surface area (Å²) in [5, 5.41) is 2.20. The molecule has 1 aliphatic rings. The molecular weight excluding hydrogens is 408 g/mol. The molecule has 1 fully saturated rings. The third kappa shape index (κ3) is 3.80. The Labute approximate surface area is 185 Å². The lowest BCUT2D eigenvalue weighted by Crippen LogP contribution is -2.38. The van der Waals surface area contributed by atoms with E-state index in [1.807, 2.05) is 30.5 Å². The molecule has 31 heavy (non-hydrogen) atoms. The summed E-state index contributed by atoms with van der Waals surface area (Å²) in [5.74, 6) is -0.00106. The number of aromatic nitrogens is 2. The molecule has 0 unspecified atom stereocenters. The first-order chi connectivity index (χ1) is 15.1. The molecule has 4 heterocycles. The largest absolute Gasteiger partial charge is 0.371 e. The zero-order valence-electron chi connectivity index (χ0n) is 17.6. The number of carbonyl (C=O) groups excluding carboxylic acids is 1. The maximum absolute atomic E-state index is 12.9. The van der Waals surface area contributed by atoms with E-state index in [9.17, 15) is 4.79 Å². The topological polar surface area (TPSA) is 58.6 Å². The first kappa shape index (κ1) is 20.1. The van der Waals surface area contributed by atoms with Gasteiger partial charge in [0.2, 0.25) is 0 Å². The molecule has 1 aliphatic heterocycles. The smallest absolute Gasteiger partial charge is 0.263 e. The minimum atomic E-state index is -0.168. The molecule has 158 valence electrons. The molecule has 0 radical (unpaired) electrons. The maximum Gasteiger partial charge on any atom is 0.263 e. The lowest BCUT2D eigenvalue weighted by atomic mass is 10.0. The van der Waals surface area contributed by atoms with Crippen molar-refractivity contribution in [3.8, 4) is 0 Å². The predicted molar refractivity (Wildman–Crippen MR) is 123 cm³/mol. The summed E-state index contributed by atoms with van der Waals surface area (Å²) in [6.07, 6.45) is 3.43. The molecule has 3 aromatic heterocycles. The van der Waals surface area contributed by atoms with Gasteiger partial charge in [-0.15, -0.1) is 11.3 Å². The van der Waals surface area contributed by atoms with Crippen LogP contribution in [0, 0.1) is 0 Å². The lowest BCUT2D eigenvalue weighted by molar-refractivity contribution is -0.0322. The normalized spacial score (nSPS) is 17.3. The van der Waals surface area contributed by atoms with Gasteiger partial charge in [-0.05, 0) is 23.8 Å². The molecular formula is C24H24N4O2S. The Morgan fingerprint density at radius 2 is 1.94 bits per heavy atom. The number of morpholine rings is 1. The zero-order valence-corrected chi connectivity index (χ0v) is 18.4. The van der Waals surface area contributed by atoms with Crippen molar-refractivity contribution in [3.63, 3.8) is 0 Å². The highest BCUT2D eigenvalue weighted by molar-refractivity contribution is 7.20.